The van der Waals surface area contributed by atoms with Crippen LogP contribution in [0.3, 0.4) is 0 Å². The summed E-state index contributed by atoms with van der Waals surface area (Å²) in [6, 6.07) is 10.3. The number of likely N-dealkylation sites (tertiary alicyclic amines) is 1. The molecule has 1 aliphatic rings. The van der Waals surface area contributed by atoms with Crippen LogP contribution in [-0.4, -0.2) is 61.3 Å². The Balaban J connectivity index is 0.00000420. The first kappa shape index (κ1) is 25.3. The van der Waals surface area contributed by atoms with Crippen molar-refractivity contribution in [2.75, 3.05) is 38.0 Å². The molecule has 1 aliphatic heterocycles. The standard InChI is InChI=1S/C21H35N5O2.HI/c1-5-22-19(24-14-9-13-23-17-10-7-6-8-11-17)26-15-12-18(16-26)25-20(27)28-21(2,3)4;/h6-8,10-11,18,23H,5,9,12-16H2,1-4H3,(H,22,24)(H,25,27);1H. The topological polar surface area (TPSA) is 78.0 Å². The van der Waals surface area contributed by atoms with Crippen molar-refractivity contribution in [2.45, 2.75) is 52.2 Å². The second-order valence-electron chi connectivity index (χ2n) is 7.96. The molecule has 0 radical (unpaired) electrons. The molecular weight excluding hydrogens is 481 g/mol. The molecule has 2 rings (SSSR count). The summed E-state index contributed by atoms with van der Waals surface area (Å²) in [6.45, 7) is 11.8. The van der Waals surface area contributed by atoms with Gasteiger partial charge < -0.3 is 25.6 Å². The van der Waals surface area contributed by atoms with E-state index in [2.05, 4.69) is 39.9 Å². The van der Waals surface area contributed by atoms with E-state index >= 15 is 0 Å². The number of carbonyl (C=O) groups excluding carboxylic acids is 1. The molecule has 0 spiro atoms. The highest BCUT2D eigenvalue weighted by Crippen LogP contribution is 2.12. The highest BCUT2D eigenvalue weighted by Gasteiger charge is 2.27. The molecular formula is C21H36IN5O2. The summed E-state index contributed by atoms with van der Waals surface area (Å²) in [7, 11) is 0. The van der Waals surface area contributed by atoms with E-state index in [1.165, 1.54) is 0 Å². The molecule has 1 unspecified atom stereocenters. The van der Waals surface area contributed by atoms with Gasteiger partial charge in [0.15, 0.2) is 5.96 Å². The average molecular weight is 517 g/mol. The lowest BCUT2D eigenvalue weighted by atomic mass is 10.2. The van der Waals surface area contributed by atoms with Crippen LogP contribution in [0.25, 0.3) is 0 Å². The maximum absolute atomic E-state index is 12.0. The first-order valence-corrected chi connectivity index (χ1v) is 10.2. The maximum atomic E-state index is 12.0. The van der Waals surface area contributed by atoms with Gasteiger partial charge in [0.25, 0.3) is 0 Å². The smallest absolute Gasteiger partial charge is 0.407 e. The van der Waals surface area contributed by atoms with Crippen LogP contribution in [0.5, 0.6) is 0 Å². The number of nitrogens with zero attached hydrogens (tertiary/aromatic N) is 2. The monoisotopic (exact) mass is 517 g/mol. The summed E-state index contributed by atoms with van der Waals surface area (Å²) >= 11 is 0. The van der Waals surface area contributed by atoms with Crippen molar-refractivity contribution < 1.29 is 9.53 Å². The first-order valence-electron chi connectivity index (χ1n) is 10.2. The number of halogens is 1. The van der Waals surface area contributed by atoms with E-state index in [4.69, 9.17) is 9.73 Å². The van der Waals surface area contributed by atoms with Gasteiger partial charge in [-0.2, -0.15) is 0 Å². The lowest BCUT2D eigenvalue weighted by molar-refractivity contribution is 0.0507. The molecule has 0 aliphatic carbocycles. The summed E-state index contributed by atoms with van der Waals surface area (Å²) < 4.78 is 5.35. The highest BCUT2D eigenvalue weighted by atomic mass is 127. The molecule has 3 N–H and O–H groups in total. The van der Waals surface area contributed by atoms with Crippen LogP contribution in [0.1, 0.15) is 40.5 Å². The van der Waals surface area contributed by atoms with Crippen LogP contribution < -0.4 is 16.0 Å². The van der Waals surface area contributed by atoms with Gasteiger partial charge in [0, 0.05) is 38.4 Å². The van der Waals surface area contributed by atoms with Crippen LogP contribution in [0.4, 0.5) is 10.5 Å². The van der Waals surface area contributed by atoms with Gasteiger partial charge >= 0.3 is 6.09 Å². The quantitative estimate of drug-likeness (QED) is 0.223. The number of rotatable bonds is 7. The highest BCUT2D eigenvalue weighted by molar-refractivity contribution is 14.0. The number of nitrogens with one attached hydrogen (secondary N) is 3. The molecule has 0 aromatic heterocycles. The normalized spacial score (nSPS) is 16.8. The molecule has 29 heavy (non-hydrogen) atoms. The van der Waals surface area contributed by atoms with Gasteiger partial charge in [-0.25, -0.2) is 4.79 Å². The third-order valence-electron chi connectivity index (χ3n) is 4.24. The minimum atomic E-state index is -0.480. The average Bonchev–Trinajstić information content (AvgIpc) is 3.08. The molecule has 1 amide bonds. The molecule has 7 nitrogen and oxygen atoms in total. The minimum Gasteiger partial charge on any atom is -0.444 e. The van der Waals surface area contributed by atoms with E-state index < -0.39 is 5.60 Å². The lowest BCUT2D eigenvalue weighted by Crippen LogP contribution is -2.44. The van der Waals surface area contributed by atoms with Gasteiger partial charge in [0.2, 0.25) is 0 Å². The number of guanidine groups is 1. The molecule has 164 valence electrons. The molecule has 8 heteroatoms. The first-order chi connectivity index (χ1) is 13.4. The predicted molar refractivity (Wildman–Crippen MR) is 130 cm³/mol. The Morgan fingerprint density at radius 1 is 1.28 bits per heavy atom. The third-order valence-corrected chi connectivity index (χ3v) is 4.24. The number of benzene rings is 1. The SMILES string of the molecule is CCNC(=NCCCNc1ccccc1)N1CCC(NC(=O)OC(C)(C)C)C1.I. The molecule has 0 saturated carbocycles. The number of aliphatic imine (C=N–C) groups is 1. The molecule has 1 aromatic rings. The van der Waals surface area contributed by atoms with Crippen LogP contribution in [0.15, 0.2) is 35.3 Å². The van der Waals surface area contributed by atoms with E-state index in [1.54, 1.807) is 0 Å². The van der Waals surface area contributed by atoms with Crippen LogP contribution in [-0.2, 0) is 4.74 Å². The number of hydrogen-bond donors (Lipinski definition) is 3. The van der Waals surface area contributed by atoms with Gasteiger partial charge in [-0.15, -0.1) is 24.0 Å². The number of para-hydroxylation sites is 1. The van der Waals surface area contributed by atoms with Gasteiger partial charge in [0.05, 0.1) is 6.04 Å². The van der Waals surface area contributed by atoms with Gasteiger partial charge in [-0.1, -0.05) is 18.2 Å². The molecule has 1 heterocycles. The Labute approximate surface area is 192 Å². The van der Waals surface area contributed by atoms with E-state index in [9.17, 15) is 4.79 Å². The Hall–Kier alpha value is -1.71. The van der Waals surface area contributed by atoms with E-state index in [0.29, 0.717) is 0 Å². The fraction of sp³-hybridized carbons (Fsp3) is 0.619. The Bertz CT molecular complexity index is 634. The Kier molecular flexibility index (Phi) is 11.2. The van der Waals surface area contributed by atoms with Gasteiger partial charge in [0.1, 0.15) is 5.60 Å². The fourth-order valence-electron chi connectivity index (χ4n) is 3.02. The second kappa shape index (κ2) is 12.8. The van der Waals surface area contributed by atoms with Crippen molar-refractivity contribution in [3.05, 3.63) is 30.3 Å². The largest absolute Gasteiger partial charge is 0.444 e. The van der Waals surface area contributed by atoms with Crippen LogP contribution >= 0.6 is 24.0 Å². The molecule has 1 aromatic carbocycles. The zero-order valence-corrected chi connectivity index (χ0v) is 20.4. The summed E-state index contributed by atoms with van der Waals surface area (Å²) in [5.74, 6) is 0.913. The third kappa shape index (κ3) is 10.0. The van der Waals surface area contributed by atoms with Crippen molar-refractivity contribution in [1.82, 2.24) is 15.5 Å². The molecule has 0 bridgehead atoms. The Morgan fingerprint density at radius 2 is 2.00 bits per heavy atom. The van der Waals surface area contributed by atoms with Crippen molar-refractivity contribution in [3.8, 4) is 0 Å². The fourth-order valence-corrected chi connectivity index (χ4v) is 3.02. The van der Waals surface area contributed by atoms with E-state index in [-0.39, 0.29) is 36.1 Å². The minimum absolute atomic E-state index is 0. The van der Waals surface area contributed by atoms with Gasteiger partial charge in [-0.05, 0) is 52.7 Å². The van der Waals surface area contributed by atoms with Crippen molar-refractivity contribution >= 4 is 41.7 Å². The van der Waals surface area contributed by atoms with E-state index in [1.807, 2.05) is 39.0 Å². The number of hydrogen-bond acceptors (Lipinski definition) is 4. The Morgan fingerprint density at radius 3 is 2.66 bits per heavy atom. The predicted octanol–water partition coefficient (Wildman–Crippen LogP) is 3.67. The summed E-state index contributed by atoms with van der Waals surface area (Å²) in [5.41, 5.74) is 0.654. The zero-order chi connectivity index (χ0) is 20.4. The molecule has 1 fully saturated rings. The number of alkyl carbamates (subject to hydrolysis) is 1. The summed E-state index contributed by atoms with van der Waals surface area (Å²) in [4.78, 5) is 18.9. The van der Waals surface area contributed by atoms with Gasteiger partial charge in [-0.3, -0.25) is 4.99 Å². The van der Waals surface area contributed by atoms with Crippen molar-refractivity contribution in [2.24, 2.45) is 4.99 Å². The van der Waals surface area contributed by atoms with E-state index in [0.717, 1.165) is 57.2 Å². The number of amides is 1. The maximum Gasteiger partial charge on any atom is 0.407 e. The number of ether oxygens (including phenoxy) is 1. The lowest BCUT2D eigenvalue weighted by Gasteiger charge is -2.23. The number of carbonyl (C=O) groups is 1. The zero-order valence-electron chi connectivity index (χ0n) is 18.0. The molecule has 1 atom stereocenters. The van der Waals surface area contributed by atoms with Crippen LogP contribution in [0.2, 0.25) is 0 Å². The second-order valence-corrected chi connectivity index (χ2v) is 7.96. The van der Waals surface area contributed by atoms with Crippen molar-refractivity contribution in [1.29, 1.82) is 0 Å². The number of anilines is 1. The molecule has 1 saturated heterocycles. The van der Waals surface area contributed by atoms with Crippen LogP contribution in [0, 0.1) is 0 Å². The summed E-state index contributed by atoms with van der Waals surface area (Å²) in [5, 5.41) is 9.72. The summed E-state index contributed by atoms with van der Waals surface area (Å²) in [6.07, 6.45) is 1.49. The van der Waals surface area contributed by atoms with Crippen molar-refractivity contribution in [3.63, 3.8) is 0 Å².